The number of benzene rings is 1. The van der Waals surface area contributed by atoms with Gasteiger partial charge >= 0.3 is 0 Å². The first-order valence-corrected chi connectivity index (χ1v) is 7.97. The fourth-order valence-corrected chi connectivity index (χ4v) is 2.45. The zero-order chi connectivity index (χ0) is 17.6. The number of aryl methyl sites for hydroxylation is 1. The normalized spacial score (nSPS) is 11.6. The molecule has 2 heterocycles. The number of aromatic nitrogens is 3. The largest absolute Gasteiger partial charge is 0.362 e. The summed E-state index contributed by atoms with van der Waals surface area (Å²) in [7, 11) is 0. The van der Waals surface area contributed by atoms with E-state index in [0.717, 1.165) is 16.8 Å². The molecule has 1 atom stereocenters. The topological polar surface area (TPSA) is 79.8 Å². The molecular weight excluding hydrogens is 314 g/mol. The van der Waals surface area contributed by atoms with Gasteiger partial charge in [0, 0.05) is 30.5 Å². The highest BCUT2D eigenvalue weighted by Crippen LogP contribution is 2.21. The molecule has 3 rings (SSSR count). The Hall–Kier alpha value is -3.28. The highest BCUT2D eigenvalue weighted by atomic mass is 16.1. The standard InChI is InChI=1S/C19H19N5O/c1-13-8-16(11-21-10-13)19(25)24-17-5-3-4-15(9-17)14(2)23-18-12-20-6-7-22-18/h3-12,14H,1-2H3,(H,22,23)(H,24,25)/t14-/m0/s1. The van der Waals surface area contributed by atoms with Crippen LogP contribution in [0.3, 0.4) is 0 Å². The second-order valence-corrected chi connectivity index (χ2v) is 5.79. The van der Waals surface area contributed by atoms with Crippen LogP contribution in [0.15, 0.2) is 61.3 Å². The monoisotopic (exact) mass is 333 g/mol. The van der Waals surface area contributed by atoms with Crippen LogP contribution in [0.1, 0.15) is 34.5 Å². The molecule has 0 radical (unpaired) electrons. The van der Waals surface area contributed by atoms with E-state index in [1.165, 1.54) is 0 Å². The second kappa shape index (κ2) is 7.53. The summed E-state index contributed by atoms with van der Waals surface area (Å²) in [5, 5.41) is 6.19. The molecule has 0 aliphatic rings. The number of pyridine rings is 1. The van der Waals surface area contributed by atoms with Crippen LogP contribution < -0.4 is 10.6 Å². The predicted octanol–water partition coefficient (Wildman–Crippen LogP) is 3.61. The maximum absolute atomic E-state index is 12.4. The van der Waals surface area contributed by atoms with Crippen molar-refractivity contribution in [3.8, 4) is 0 Å². The Bertz CT molecular complexity index is 866. The zero-order valence-corrected chi connectivity index (χ0v) is 14.1. The van der Waals surface area contributed by atoms with E-state index >= 15 is 0 Å². The fraction of sp³-hybridized carbons (Fsp3) is 0.158. The van der Waals surface area contributed by atoms with Gasteiger partial charge in [-0.3, -0.25) is 14.8 Å². The first-order valence-electron chi connectivity index (χ1n) is 7.97. The molecule has 0 saturated heterocycles. The van der Waals surface area contributed by atoms with Crippen molar-refractivity contribution in [2.75, 3.05) is 10.6 Å². The van der Waals surface area contributed by atoms with Crippen molar-refractivity contribution in [3.63, 3.8) is 0 Å². The summed E-state index contributed by atoms with van der Waals surface area (Å²) in [6.45, 7) is 3.93. The van der Waals surface area contributed by atoms with E-state index in [9.17, 15) is 4.79 Å². The van der Waals surface area contributed by atoms with E-state index in [1.54, 1.807) is 31.0 Å². The molecule has 6 nitrogen and oxygen atoms in total. The first kappa shape index (κ1) is 16.6. The lowest BCUT2D eigenvalue weighted by molar-refractivity contribution is 0.102. The summed E-state index contributed by atoms with van der Waals surface area (Å²) in [6, 6.07) is 9.54. The number of carbonyl (C=O) groups excluding carboxylic acids is 1. The van der Waals surface area contributed by atoms with Gasteiger partial charge < -0.3 is 10.6 Å². The number of anilines is 2. The van der Waals surface area contributed by atoms with Gasteiger partial charge in [0.25, 0.3) is 5.91 Å². The summed E-state index contributed by atoms with van der Waals surface area (Å²) in [4.78, 5) is 24.7. The average Bonchev–Trinajstić information content (AvgIpc) is 2.63. The molecular formula is C19H19N5O. The van der Waals surface area contributed by atoms with Crippen molar-refractivity contribution in [3.05, 3.63) is 78.0 Å². The van der Waals surface area contributed by atoms with Gasteiger partial charge in [0.15, 0.2) is 0 Å². The van der Waals surface area contributed by atoms with Crippen LogP contribution in [-0.2, 0) is 0 Å². The zero-order valence-electron chi connectivity index (χ0n) is 14.1. The van der Waals surface area contributed by atoms with Crippen LogP contribution in [-0.4, -0.2) is 20.9 Å². The third-order valence-electron chi connectivity index (χ3n) is 3.71. The molecule has 0 aliphatic carbocycles. The van der Waals surface area contributed by atoms with Gasteiger partial charge in [-0.05, 0) is 43.2 Å². The molecule has 2 aromatic heterocycles. The van der Waals surface area contributed by atoms with E-state index in [1.807, 2.05) is 44.2 Å². The Labute approximate surface area is 146 Å². The summed E-state index contributed by atoms with van der Waals surface area (Å²) < 4.78 is 0. The number of carbonyl (C=O) groups is 1. The van der Waals surface area contributed by atoms with Crippen molar-refractivity contribution in [1.82, 2.24) is 15.0 Å². The van der Waals surface area contributed by atoms with Gasteiger partial charge in [0.2, 0.25) is 0 Å². The molecule has 1 amide bonds. The molecule has 0 spiro atoms. The van der Waals surface area contributed by atoms with Gasteiger partial charge in [-0.15, -0.1) is 0 Å². The molecule has 126 valence electrons. The lowest BCUT2D eigenvalue weighted by Crippen LogP contribution is -2.13. The van der Waals surface area contributed by atoms with Crippen molar-refractivity contribution in [1.29, 1.82) is 0 Å². The highest BCUT2D eigenvalue weighted by molar-refractivity contribution is 6.04. The maximum atomic E-state index is 12.4. The fourth-order valence-electron chi connectivity index (χ4n) is 2.45. The number of hydrogen-bond donors (Lipinski definition) is 2. The van der Waals surface area contributed by atoms with Gasteiger partial charge in [-0.1, -0.05) is 12.1 Å². The first-order chi connectivity index (χ1) is 12.1. The van der Waals surface area contributed by atoms with Crippen molar-refractivity contribution < 1.29 is 4.79 Å². The van der Waals surface area contributed by atoms with Gasteiger partial charge in [0.05, 0.1) is 17.8 Å². The van der Waals surface area contributed by atoms with Gasteiger partial charge in [-0.25, -0.2) is 4.98 Å². The minimum Gasteiger partial charge on any atom is -0.362 e. The summed E-state index contributed by atoms with van der Waals surface area (Å²) in [6.07, 6.45) is 8.22. The van der Waals surface area contributed by atoms with Crippen LogP contribution >= 0.6 is 0 Å². The Morgan fingerprint density at radius 3 is 2.72 bits per heavy atom. The van der Waals surface area contributed by atoms with E-state index in [4.69, 9.17) is 0 Å². The maximum Gasteiger partial charge on any atom is 0.257 e. The molecule has 0 unspecified atom stereocenters. The number of nitrogens with one attached hydrogen (secondary N) is 2. The molecule has 0 bridgehead atoms. The Morgan fingerprint density at radius 1 is 1.08 bits per heavy atom. The van der Waals surface area contributed by atoms with Crippen LogP contribution in [0.4, 0.5) is 11.5 Å². The van der Waals surface area contributed by atoms with Crippen LogP contribution in [0.25, 0.3) is 0 Å². The third-order valence-corrected chi connectivity index (χ3v) is 3.71. The molecule has 0 saturated carbocycles. The number of nitrogens with zero attached hydrogens (tertiary/aromatic N) is 3. The van der Waals surface area contributed by atoms with Crippen LogP contribution in [0.5, 0.6) is 0 Å². The Kier molecular flexibility index (Phi) is 4.99. The number of amides is 1. The average molecular weight is 333 g/mol. The molecule has 2 N–H and O–H groups in total. The van der Waals surface area contributed by atoms with Crippen molar-refractivity contribution in [2.45, 2.75) is 19.9 Å². The van der Waals surface area contributed by atoms with E-state index in [2.05, 4.69) is 25.6 Å². The Balaban J connectivity index is 1.72. The van der Waals surface area contributed by atoms with Gasteiger partial charge in [-0.2, -0.15) is 0 Å². The lowest BCUT2D eigenvalue weighted by Gasteiger charge is -2.16. The lowest BCUT2D eigenvalue weighted by atomic mass is 10.1. The number of rotatable bonds is 5. The second-order valence-electron chi connectivity index (χ2n) is 5.79. The number of hydrogen-bond acceptors (Lipinski definition) is 5. The summed E-state index contributed by atoms with van der Waals surface area (Å²) in [5.41, 5.74) is 3.25. The molecule has 0 fully saturated rings. The summed E-state index contributed by atoms with van der Waals surface area (Å²) in [5.74, 6) is 0.526. The minimum absolute atomic E-state index is 0.0224. The minimum atomic E-state index is -0.178. The van der Waals surface area contributed by atoms with E-state index < -0.39 is 0 Å². The third kappa shape index (κ3) is 4.38. The highest BCUT2D eigenvalue weighted by Gasteiger charge is 2.10. The SMILES string of the molecule is Cc1cncc(C(=O)Nc2cccc([C@H](C)Nc3cnccn3)c2)c1. The predicted molar refractivity (Wildman–Crippen MR) is 97.4 cm³/mol. The molecule has 1 aromatic carbocycles. The summed E-state index contributed by atoms with van der Waals surface area (Å²) >= 11 is 0. The van der Waals surface area contributed by atoms with Gasteiger partial charge in [0.1, 0.15) is 5.82 Å². The molecule has 6 heteroatoms. The van der Waals surface area contributed by atoms with E-state index in [0.29, 0.717) is 11.4 Å². The quantitative estimate of drug-likeness (QED) is 0.745. The van der Waals surface area contributed by atoms with Crippen molar-refractivity contribution >= 4 is 17.4 Å². The smallest absolute Gasteiger partial charge is 0.257 e. The Morgan fingerprint density at radius 2 is 1.96 bits per heavy atom. The molecule has 0 aliphatic heterocycles. The molecule has 25 heavy (non-hydrogen) atoms. The van der Waals surface area contributed by atoms with E-state index in [-0.39, 0.29) is 11.9 Å². The molecule has 3 aromatic rings. The van der Waals surface area contributed by atoms with Crippen LogP contribution in [0.2, 0.25) is 0 Å². The van der Waals surface area contributed by atoms with Crippen LogP contribution in [0, 0.1) is 6.92 Å². The van der Waals surface area contributed by atoms with Crippen molar-refractivity contribution in [2.24, 2.45) is 0 Å².